The smallest absolute Gasteiger partial charge is 0.247 e. The summed E-state index contributed by atoms with van der Waals surface area (Å²) in [5.74, 6) is 1.21. The number of hydrogen-bond donors (Lipinski definition) is 0. The number of benzene rings is 2. The molecule has 23 heavy (non-hydrogen) atoms. The predicted octanol–water partition coefficient (Wildman–Crippen LogP) is 4.45. The van der Waals surface area contributed by atoms with Gasteiger partial charge in [0.2, 0.25) is 11.8 Å². The molecule has 0 saturated carbocycles. The molecule has 1 unspecified atom stereocenters. The molecular formula is C18H16BrN3O. The van der Waals surface area contributed by atoms with E-state index in [0.29, 0.717) is 24.4 Å². The summed E-state index contributed by atoms with van der Waals surface area (Å²) in [4.78, 5) is 2.33. The molecule has 0 spiro atoms. The van der Waals surface area contributed by atoms with Crippen LogP contribution >= 0.6 is 15.9 Å². The van der Waals surface area contributed by atoms with Gasteiger partial charge < -0.3 is 9.32 Å². The summed E-state index contributed by atoms with van der Waals surface area (Å²) in [6.07, 6.45) is 1.06. The number of aromatic nitrogens is 2. The van der Waals surface area contributed by atoms with E-state index in [1.165, 1.54) is 11.3 Å². The van der Waals surface area contributed by atoms with Crippen LogP contribution in [0.15, 0.2) is 57.4 Å². The summed E-state index contributed by atoms with van der Waals surface area (Å²) in [5.41, 5.74) is 3.58. The molecule has 5 heteroatoms. The van der Waals surface area contributed by atoms with Crippen LogP contribution in [-0.2, 0) is 13.0 Å². The maximum atomic E-state index is 5.86. The van der Waals surface area contributed by atoms with E-state index in [1.807, 2.05) is 24.3 Å². The second-order valence-corrected chi connectivity index (χ2v) is 6.73. The predicted molar refractivity (Wildman–Crippen MR) is 93.2 cm³/mol. The molecule has 4 rings (SSSR count). The zero-order valence-electron chi connectivity index (χ0n) is 12.7. The second-order valence-electron chi connectivity index (χ2n) is 5.82. The first-order valence-corrected chi connectivity index (χ1v) is 8.43. The van der Waals surface area contributed by atoms with Gasteiger partial charge in [0.15, 0.2) is 0 Å². The Hall–Kier alpha value is -2.14. The van der Waals surface area contributed by atoms with Gasteiger partial charge in [0.05, 0.1) is 6.54 Å². The van der Waals surface area contributed by atoms with E-state index < -0.39 is 0 Å². The molecule has 0 bridgehead atoms. The highest BCUT2D eigenvalue weighted by Gasteiger charge is 2.27. The van der Waals surface area contributed by atoms with Crippen LogP contribution in [0, 0.1) is 0 Å². The zero-order valence-corrected chi connectivity index (χ0v) is 14.3. The molecule has 0 radical (unpaired) electrons. The third kappa shape index (κ3) is 2.77. The van der Waals surface area contributed by atoms with Crippen LogP contribution in [0.25, 0.3) is 11.5 Å². The highest BCUT2D eigenvalue weighted by molar-refractivity contribution is 9.10. The summed E-state index contributed by atoms with van der Waals surface area (Å²) in [7, 11) is 0. The lowest BCUT2D eigenvalue weighted by atomic mass is 10.1. The monoisotopic (exact) mass is 369 g/mol. The standard InChI is InChI=1S/C18H16BrN3O/c1-12-10-14-4-2-3-5-16(14)22(12)11-17-20-21-18(23-17)13-6-8-15(19)9-7-13/h2-9,12H,10-11H2,1H3. The zero-order chi connectivity index (χ0) is 15.8. The summed E-state index contributed by atoms with van der Waals surface area (Å²) >= 11 is 3.43. The largest absolute Gasteiger partial charge is 0.419 e. The third-order valence-corrected chi connectivity index (χ3v) is 4.74. The van der Waals surface area contributed by atoms with Gasteiger partial charge in [0.1, 0.15) is 0 Å². The van der Waals surface area contributed by atoms with Crippen LogP contribution in [0.4, 0.5) is 5.69 Å². The van der Waals surface area contributed by atoms with Crippen LogP contribution in [0.1, 0.15) is 18.4 Å². The van der Waals surface area contributed by atoms with Crippen molar-refractivity contribution in [1.82, 2.24) is 10.2 Å². The van der Waals surface area contributed by atoms with Crippen LogP contribution in [0.5, 0.6) is 0 Å². The van der Waals surface area contributed by atoms with Crippen LogP contribution < -0.4 is 4.90 Å². The van der Waals surface area contributed by atoms with Crippen molar-refractivity contribution in [3.63, 3.8) is 0 Å². The molecule has 0 saturated heterocycles. The molecule has 0 fully saturated rings. The van der Waals surface area contributed by atoms with Gasteiger partial charge in [-0.25, -0.2) is 0 Å². The van der Waals surface area contributed by atoms with Crippen molar-refractivity contribution in [2.75, 3.05) is 4.90 Å². The number of halogens is 1. The van der Waals surface area contributed by atoms with Crippen molar-refractivity contribution in [2.24, 2.45) is 0 Å². The minimum Gasteiger partial charge on any atom is -0.419 e. The average molecular weight is 370 g/mol. The molecule has 0 aliphatic carbocycles. The molecule has 1 atom stereocenters. The highest BCUT2D eigenvalue weighted by atomic mass is 79.9. The van der Waals surface area contributed by atoms with E-state index in [9.17, 15) is 0 Å². The summed E-state index contributed by atoms with van der Waals surface area (Å²) in [6.45, 7) is 2.87. The first kappa shape index (κ1) is 14.5. The lowest BCUT2D eigenvalue weighted by molar-refractivity contribution is 0.489. The van der Waals surface area contributed by atoms with E-state index in [-0.39, 0.29) is 0 Å². The maximum Gasteiger partial charge on any atom is 0.247 e. The number of anilines is 1. The van der Waals surface area contributed by atoms with E-state index in [4.69, 9.17) is 4.42 Å². The molecule has 2 aromatic carbocycles. The average Bonchev–Trinajstić information content (AvgIpc) is 3.14. The minimum absolute atomic E-state index is 0.440. The topological polar surface area (TPSA) is 42.2 Å². The summed E-state index contributed by atoms with van der Waals surface area (Å²) < 4.78 is 6.89. The fourth-order valence-electron chi connectivity index (χ4n) is 3.04. The Morgan fingerprint density at radius 3 is 2.74 bits per heavy atom. The fraction of sp³-hybridized carbons (Fsp3) is 0.222. The third-order valence-electron chi connectivity index (χ3n) is 4.21. The van der Waals surface area contributed by atoms with E-state index >= 15 is 0 Å². The van der Waals surface area contributed by atoms with E-state index in [1.54, 1.807) is 0 Å². The highest BCUT2D eigenvalue weighted by Crippen LogP contribution is 2.33. The lowest BCUT2D eigenvalue weighted by Crippen LogP contribution is -2.28. The Morgan fingerprint density at radius 2 is 1.91 bits per heavy atom. The Balaban J connectivity index is 1.57. The van der Waals surface area contributed by atoms with Gasteiger partial charge in [-0.1, -0.05) is 34.1 Å². The molecule has 116 valence electrons. The van der Waals surface area contributed by atoms with E-state index in [2.05, 4.69) is 62.2 Å². The molecular weight excluding hydrogens is 354 g/mol. The number of rotatable bonds is 3. The quantitative estimate of drug-likeness (QED) is 0.683. The minimum atomic E-state index is 0.440. The van der Waals surface area contributed by atoms with Gasteiger partial charge in [0.25, 0.3) is 0 Å². The Morgan fingerprint density at radius 1 is 1.13 bits per heavy atom. The summed E-state index contributed by atoms with van der Waals surface area (Å²) in [6, 6.07) is 16.8. The molecule has 1 aromatic heterocycles. The van der Waals surface area contributed by atoms with Gasteiger partial charge in [-0.05, 0) is 49.2 Å². The first-order valence-electron chi connectivity index (χ1n) is 7.63. The fourth-order valence-corrected chi connectivity index (χ4v) is 3.31. The molecule has 0 N–H and O–H groups in total. The van der Waals surface area contributed by atoms with Crippen molar-refractivity contribution >= 4 is 21.6 Å². The van der Waals surface area contributed by atoms with Crippen molar-refractivity contribution in [3.8, 4) is 11.5 Å². The Kier molecular flexibility index (Phi) is 3.65. The van der Waals surface area contributed by atoms with Gasteiger partial charge in [-0.3, -0.25) is 0 Å². The second kappa shape index (κ2) is 5.81. The molecule has 0 amide bonds. The Labute approximate surface area is 143 Å². The van der Waals surface area contributed by atoms with Crippen LogP contribution in [0.2, 0.25) is 0 Å². The molecule has 2 heterocycles. The molecule has 3 aromatic rings. The van der Waals surface area contributed by atoms with Crippen LogP contribution in [0.3, 0.4) is 0 Å². The number of nitrogens with zero attached hydrogens (tertiary/aromatic N) is 3. The van der Waals surface area contributed by atoms with Gasteiger partial charge in [-0.15, -0.1) is 10.2 Å². The van der Waals surface area contributed by atoms with Gasteiger partial charge in [0, 0.05) is 21.8 Å². The number of fused-ring (bicyclic) bond motifs is 1. The Bertz CT molecular complexity index is 828. The lowest BCUT2D eigenvalue weighted by Gasteiger charge is -2.22. The maximum absolute atomic E-state index is 5.86. The van der Waals surface area contributed by atoms with Crippen molar-refractivity contribution in [2.45, 2.75) is 25.9 Å². The molecule has 4 nitrogen and oxygen atoms in total. The van der Waals surface area contributed by atoms with Crippen molar-refractivity contribution in [3.05, 3.63) is 64.5 Å². The number of para-hydroxylation sites is 1. The van der Waals surface area contributed by atoms with Gasteiger partial charge >= 0.3 is 0 Å². The summed E-state index contributed by atoms with van der Waals surface area (Å²) in [5, 5.41) is 8.40. The van der Waals surface area contributed by atoms with Gasteiger partial charge in [-0.2, -0.15) is 0 Å². The first-order chi connectivity index (χ1) is 11.2. The molecule has 1 aliphatic heterocycles. The van der Waals surface area contributed by atoms with E-state index in [0.717, 1.165) is 16.5 Å². The van der Waals surface area contributed by atoms with Crippen molar-refractivity contribution in [1.29, 1.82) is 0 Å². The SMILES string of the molecule is CC1Cc2ccccc2N1Cc1nnc(-c2ccc(Br)cc2)o1. The van der Waals surface area contributed by atoms with Crippen molar-refractivity contribution < 1.29 is 4.42 Å². The normalized spacial score (nSPS) is 16.6. The van der Waals surface area contributed by atoms with Crippen LogP contribution in [-0.4, -0.2) is 16.2 Å². The molecule has 1 aliphatic rings. The number of hydrogen-bond acceptors (Lipinski definition) is 4.